The van der Waals surface area contributed by atoms with Crippen molar-refractivity contribution < 1.29 is 9.72 Å². The molecule has 0 atom stereocenters. The summed E-state index contributed by atoms with van der Waals surface area (Å²) in [4.78, 5) is 23.1. The van der Waals surface area contributed by atoms with Crippen LogP contribution in [-0.4, -0.2) is 39.2 Å². The summed E-state index contributed by atoms with van der Waals surface area (Å²) in [6, 6.07) is 7.86. The smallest absolute Gasteiger partial charge is 0.294 e. The quantitative estimate of drug-likeness (QED) is 0.656. The van der Waals surface area contributed by atoms with Gasteiger partial charge in [0, 0.05) is 17.8 Å². The molecule has 0 saturated carbocycles. The molecule has 2 heterocycles. The Morgan fingerprint density at radius 1 is 1.33 bits per heavy atom. The molecule has 126 valence electrons. The van der Waals surface area contributed by atoms with E-state index in [1.807, 2.05) is 6.92 Å². The van der Waals surface area contributed by atoms with Gasteiger partial charge in [-0.05, 0) is 45.0 Å². The lowest BCUT2D eigenvalue weighted by molar-refractivity contribution is -0.384. The number of nitro groups is 1. The van der Waals surface area contributed by atoms with Crippen LogP contribution in [0.3, 0.4) is 0 Å². The Labute approximate surface area is 139 Å². The van der Waals surface area contributed by atoms with Crippen LogP contribution < -0.4 is 10.6 Å². The predicted octanol–water partition coefficient (Wildman–Crippen LogP) is 1.65. The Morgan fingerprint density at radius 3 is 2.75 bits per heavy atom. The molecule has 0 aliphatic carbocycles. The zero-order valence-corrected chi connectivity index (χ0v) is 13.4. The van der Waals surface area contributed by atoms with Crippen LogP contribution in [0.15, 0.2) is 36.5 Å². The van der Waals surface area contributed by atoms with Crippen molar-refractivity contribution in [1.29, 1.82) is 0 Å². The number of piperidine rings is 1. The molecule has 1 aliphatic rings. The molecule has 24 heavy (non-hydrogen) atoms. The fraction of sp³-hybridized carbons (Fsp3) is 0.375. The maximum Gasteiger partial charge on any atom is 0.294 e. The number of carbonyl (C=O) groups is 1. The molecule has 0 spiro atoms. The predicted molar refractivity (Wildman–Crippen MR) is 88.2 cm³/mol. The second-order valence-corrected chi connectivity index (χ2v) is 6.16. The lowest BCUT2D eigenvalue weighted by atomic mass is 9.90. The summed E-state index contributed by atoms with van der Waals surface area (Å²) >= 11 is 0. The highest BCUT2D eigenvalue weighted by Gasteiger charge is 2.29. The number of aromatic nitrogens is 2. The molecule has 0 bridgehead atoms. The molecular formula is C16H19N5O3. The van der Waals surface area contributed by atoms with Gasteiger partial charge in [-0.15, -0.1) is 0 Å². The second-order valence-electron chi connectivity index (χ2n) is 6.16. The van der Waals surface area contributed by atoms with Crippen LogP contribution in [0, 0.1) is 10.1 Å². The number of hydrogen-bond donors (Lipinski definition) is 2. The van der Waals surface area contributed by atoms with Gasteiger partial charge in [0.15, 0.2) is 5.69 Å². The van der Waals surface area contributed by atoms with Gasteiger partial charge in [-0.3, -0.25) is 14.9 Å². The molecule has 3 rings (SSSR count). The van der Waals surface area contributed by atoms with Crippen LogP contribution in [0.5, 0.6) is 0 Å². The summed E-state index contributed by atoms with van der Waals surface area (Å²) in [5.41, 5.74) is 0.255. The number of benzene rings is 1. The Bertz CT molecular complexity index is 765. The number of rotatable bonds is 4. The minimum absolute atomic E-state index is 0.0575. The number of nitrogens with one attached hydrogen (secondary N) is 2. The van der Waals surface area contributed by atoms with Crippen molar-refractivity contribution >= 4 is 11.6 Å². The van der Waals surface area contributed by atoms with Gasteiger partial charge in [0.25, 0.3) is 11.6 Å². The largest absolute Gasteiger partial charge is 0.345 e. The number of amides is 1. The van der Waals surface area contributed by atoms with Crippen LogP contribution in [0.2, 0.25) is 0 Å². The third-order valence-electron chi connectivity index (χ3n) is 4.27. The molecule has 2 N–H and O–H groups in total. The summed E-state index contributed by atoms with van der Waals surface area (Å²) in [6.45, 7) is 3.74. The molecule has 1 saturated heterocycles. The summed E-state index contributed by atoms with van der Waals surface area (Å²) in [7, 11) is 0. The number of nitro benzene ring substituents is 1. The average Bonchev–Trinajstić information content (AvgIpc) is 3.05. The van der Waals surface area contributed by atoms with Crippen molar-refractivity contribution in [2.45, 2.75) is 25.3 Å². The van der Waals surface area contributed by atoms with Gasteiger partial charge in [-0.25, -0.2) is 4.68 Å². The fourth-order valence-electron chi connectivity index (χ4n) is 2.83. The highest BCUT2D eigenvalue weighted by Crippen LogP contribution is 2.22. The highest BCUT2D eigenvalue weighted by atomic mass is 16.6. The van der Waals surface area contributed by atoms with Crippen LogP contribution in [-0.2, 0) is 0 Å². The van der Waals surface area contributed by atoms with Gasteiger partial charge in [0.2, 0.25) is 0 Å². The molecule has 1 aromatic heterocycles. The first-order valence-corrected chi connectivity index (χ1v) is 7.81. The van der Waals surface area contributed by atoms with Crippen LogP contribution in [0.25, 0.3) is 5.69 Å². The molecule has 1 aromatic carbocycles. The van der Waals surface area contributed by atoms with Crippen molar-refractivity contribution in [2.75, 3.05) is 13.1 Å². The SMILES string of the molecule is CC1(NC(=O)c2ccn(-c3ccccc3[N+](=O)[O-])n2)CCNCC1. The molecule has 8 nitrogen and oxygen atoms in total. The van der Waals surface area contributed by atoms with E-state index < -0.39 is 4.92 Å². The average molecular weight is 329 g/mol. The molecule has 1 fully saturated rings. The molecular weight excluding hydrogens is 310 g/mol. The van der Waals surface area contributed by atoms with Crippen molar-refractivity contribution in [3.63, 3.8) is 0 Å². The molecule has 2 aromatic rings. The lowest BCUT2D eigenvalue weighted by Gasteiger charge is -2.34. The van der Waals surface area contributed by atoms with Gasteiger partial charge in [0.05, 0.1) is 4.92 Å². The molecule has 1 aliphatic heterocycles. The molecule has 0 radical (unpaired) electrons. The summed E-state index contributed by atoms with van der Waals surface area (Å²) in [6.07, 6.45) is 3.26. The minimum atomic E-state index is -0.465. The van der Waals surface area contributed by atoms with Gasteiger partial charge in [-0.1, -0.05) is 12.1 Å². The summed E-state index contributed by atoms with van der Waals surface area (Å²) < 4.78 is 1.36. The van der Waals surface area contributed by atoms with E-state index >= 15 is 0 Å². The summed E-state index contributed by atoms with van der Waals surface area (Å²) in [5.74, 6) is -0.267. The van der Waals surface area contributed by atoms with E-state index in [2.05, 4.69) is 15.7 Å². The van der Waals surface area contributed by atoms with Gasteiger partial charge < -0.3 is 10.6 Å². The van der Waals surface area contributed by atoms with Gasteiger partial charge in [-0.2, -0.15) is 5.10 Å². The van der Waals surface area contributed by atoms with Crippen molar-refractivity contribution in [3.8, 4) is 5.69 Å². The van der Waals surface area contributed by atoms with E-state index in [0.29, 0.717) is 5.69 Å². The van der Waals surface area contributed by atoms with E-state index in [-0.39, 0.29) is 22.8 Å². The Kier molecular flexibility index (Phi) is 4.30. The molecule has 0 unspecified atom stereocenters. The fourth-order valence-corrected chi connectivity index (χ4v) is 2.83. The van der Waals surface area contributed by atoms with Gasteiger partial charge in [0.1, 0.15) is 5.69 Å². The Morgan fingerprint density at radius 2 is 2.04 bits per heavy atom. The van der Waals surface area contributed by atoms with Gasteiger partial charge >= 0.3 is 0 Å². The molecule has 8 heteroatoms. The zero-order chi connectivity index (χ0) is 17.2. The zero-order valence-electron chi connectivity index (χ0n) is 13.4. The number of carbonyl (C=O) groups excluding carboxylic acids is 1. The first kappa shape index (κ1) is 16.1. The van der Waals surface area contributed by atoms with E-state index in [0.717, 1.165) is 25.9 Å². The highest BCUT2D eigenvalue weighted by molar-refractivity contribution is 5.92. The normalized spacial score (nSPS) is 16.5. The van der Waals surface area contributed by atoms with Crippen molar-refractivity contribution in [3.05, 3.63) is 52.3 Å². The van der Waals surface area contributed by atoms with Crippen LogP contribution in [0.1, 0.15) is 30.3 Å². The number of para-hydroxylation sites is 2. The standard InChI is InChI=1S/C16H19N5O3/c1-16(7-9-17-10-8-16)18-15(22)12-6-11-20(19-12)13-4-2-3-5-14(13)21(23)24/h2-6,11,17H,7-10H2,1H3,(H,18,22). The monoisotopic (exact) mass is 329 g/mol. The summed E-state index contributed by atoms with van der Waals surface area (Å²) in [5, 5.41) is 21.6. The lowest BCUT2D eigenvalue weighted by Crippen LogP contribution is -2.52. The minimum Gasteiger partial charge on any atom is -0.345 e. The third-order valence-corrected chi connectivity index (χ3v) is 4.27. The van der Waals surface area contributed by atoms with E-state index in [4.69, 9.17) is 0 Å². The molecule has 1 amide bonds. The second kappa shape index (κ2) is 6.40. The van der Waals surface area contributed by atoms with Crippen LogP contribution >= 0.6 is 0 Å². The third kappa shape index (κ3) is 3.28. The van der Waals surface area contributed by atoms with E-state index in [9.17, 15) is 14.9 Å². The van der Waals surface area contributed by atoms with Crippen molar-refractivity contribution in [2.24, 2.45) is 0 Å². The number of nitrogens with zero attached hydrogens (tertiary/aromatic N) is 3. The first-order valence-electron chi connectivity index (χ1n) is 7.81. The van der Waals surface area contributed by atoms with E-state index in [1.165, 1.54) is 10.7 Å². The topological polar surface area (TPSA) is 102 Å². The number of hydrogen-bond acceptors (Lipinski definition) is 5. The van der Waals surface area contributed by atoms with E-state index in [1.54, 1.807) is 30.5 Å². The Balaban J connectivity index is 1.81. The first-order chi connectivity index (χ1) is 11.5. The maximum atomic E-state index is 12.4. The van der Waals surface area contributed by atoms with Crippen molar-refractivity contribution in [1.82, 2.24) is 20.4 Å². The maximum absolute atomic E-state index is 12.4. The van der Waals surface area contributed by atoms with Crippen LogP contribution in [0.4, 0.5) is 5.69 Å². The Hall–Kier alpha value is -2.74.